The summed E-state index contributed by atoms with van der Waals surface area (Å²) >= 11 is 0. The first-order valence-electron chi connectivity index (χ1n) is 6.90. The second-order valence-corrected chi connectivity index (χ2v) is 7.71. The second-order valence-electron chi connectivity index (χ2n) is 5.73. The number of aliphatic carboxylic acids is 1. The van der Waals surface area contributed by atoms with Gasteiger partial charge in [0.2, 0.25) is 10.0 Å². The number of carboxylic acid groups (broad SMARTS) is 1. The van der Waals surface area contributed by atoms with E-state index in [9.17, 15) is 18.3 Å². The van der Waals surface area contributed by atoms with Crippen LogP contribution in [0.3, 0.4) is 0 Å². The molecule has 0 spiro atoms. The fourth-order valence-electron chi connectivity index (χ4n) is 3.26. The van der Waals surface area contributed by atoms with Gasteiger partial charge in [-0.2, -0.15) is 4.31 Å². The fourth-order valence-corrected chi connectivity index (χ4v) is 4.09. The Balaban J connectivity index is 1.95. The molecule has 0 bridgehead atoms. The van der Waals surface area contributed by atoms with Crippen LogP contribution in [0.1, 0.15) is 19.3 Å². The van der Waals surface area contributed by atoms with Crippen LogP contribution >= 0.6 is 0 Å². The Bertz CT molecular complexity index is 473. The second kappa shape index (κ2) is 5.59. The number of rotatable bonds is 4. The fraction of sp³-hybridized carbons (Fsp3) is 0.917. The molecule has 2 unspecified atom stereocenters. The van der Waals surface area contributed by atoms with Crippen LogP contribution in [0.4, 0.5) is 0 Å². The first kappa shape index (κ1) is 15.7. The quantitative estimate of drug-likeness (QED) is 0.704. The van der Waals surface area contributed by atoms with Crippen molar-refractivity contribution in [2.45, 2.75) is 30.8 Å². The third-order valence-electron chi connectivity index (χ3n) is 4.64. The molecular weight excluding hydrogens is 282 g/mol. The highest BCUT2D eigenvalue weighted by molar-refractivity contribution is 7.88. The Morgan fingerprint density at radius 3 is 2.30 bits per heavy atom. The van der Waals surface area contributed by atoms with E-state index in [2.05, 4.69) is 10.2 Å². The lowest BCUT2D eigenvalue weighted by Crippen LogP contribution is -2.53. The van der Waals surface area contributed by atoms with Crippen LogP contribution in [0.5, 0.6) is 0 Å². The van der Waals surface area contributed by atoms with Gasteiger partial charge in [0.15, 0.2) is 0 Å². The zero-order chi connectivity index (χ0) is 15.0. The summed E-state index contributed by atoms with van der Waals surface area (Å²) < 4.78 is 24.4. The molecule has 1 saturated heterocycles. The molecule has 1 saturated carbocycles. The van der Waals surface area contributed by atoms with E-state index in [-0.39, 0.29) is 6.04 Å². The Kier molecular flexibility index (Phi) is 4.38. The zero-order valence-corrected chi connectivity index (χ0v) is 12.8. The molecule has 0 aromatic carbocycles. The molecule has 2 aliphatic rings. The SMILES string of the molecule is CNC1(C(=O)O)CCC(N2CCN(S(C)(=O)=O)CC2)C1. The van der Waals surface area contributed by atoms with Crippen LogP contribution in [0.2, 0.25) is 0 Å². The standard InChI is InChI=1S/C12H23N3O4S/c1-13-12(11(16)17)4-3-10(9-12)14-5-7-15(8-6-14)20(2,18)19/h10,13H,3-9H2,1-2H3,(H,16,17). The van der Waals surface area contributed by atoms with Crippen molar-refractivity contribution in [2.24, 2.45) is 0 Å². The minimum absolute atomic E-state index is 0.222. The van der Waals surface area contributed by atoms with E-state index >= 15 is 0 Å². The van der Waals surface area contributed by atoms with E-state index in [4.69, 9.17) is 0 Å². The highest BCUT2D eigenvalue weighted by atomic mass is 32.2. The van der Waals surface area contributed by atoms with Gasteiger partial charge in [-0.3, -0.25) is 9.69 Å². The van der Waals surface area contributed by atoms with Crippen molar-refractivity contribution >= 4 is 16.0 Å². The summed E-state index contributed by atoms with van der Waals surface area (Å²) in [4.78, 5) is 13.6. The van der Waals surface area contributed by atoms with Crippen LogP contribution < -0.4 is 5.32 Å². The van der Waals surface area contributed by atoms with Crippen molar-refractivity contribution in [1.82, 2.24) is 14.5 Å². The molecule has 0 amide bonds. The molecular formula is C12H23N3O4S. The summed E-state index contributed by atoms with van der Waals surface area (Å²) in [6, 6.07) is 0.222. The van der Waals surface area contributed by atoms with Gasteiger partial charge in [-0.15, -0.1) is 0 Å². The maximum atomic E-state index is 11.5. The average molecular weight is 305 g/mol. The molecule has 2 fully saturated rings. The summed E-state index contributed by atoms with van der Waals surface area (Å²) in [5.74, 6) is -0.794. The van der Waals surface area contributed by atoms with E-state index in [1.165, 1.54) is 10.6 Å². The molecule has 2 N–H and O–H groups in total. The molecule has 1 heterocycles. The average Bonchev–Trinajstić information content (AvgIpc) is 2.83. The predicted molar refractivity (Wildman–Crippen MR) is 75.1 cm³/mol. The molecule has 20 heavy (non-hydrogen) atoms. The molecule has 0 radical (unpaired) electrons. The molecule has 7 nitrogen and oxygen atoms in total. The maximum absolute atomic E-state index is 11.5. The van der Waals surface area contributed by atoms with Gasteiger partial charge in [-0.05, 0) is 26.3 Å². The molecule has 2 atom stereocenters. The van der Waals surface area contributed by atoms with Crippen LogP contribution in [0.25, 0.3) is 0 Å². The van der Waals surface area contributed by atoms with E-state index in [0.717, 1.165) is 6.42 Å². The lowest BCUT2D eigenvalue weighted by atomic mass is 9.97. The molecule has 0 aromatic heterocycles. The highest BCUT2D eigenvalue weighted by Crippen LogP contribution is 2.33. The third-order valence-corrected chi connectivity index (χ3v) is 5.94. The Hall–Kier alpha value is -0.700. The van der Waals surface area contributed by atoms with Gasteiger partial charge in [0.1, 0.15) is 5.54 Å². The number of likely N-dealkylation sites (N-methyl/N-ethyl adjacent to an activating group) is 1. The lowest BCUT2D eigenvalue weighted by Gasteiger charge is -2.37. The largest absolute Gasteiger partial charge is 0.480 e. The van der Waals surface area contributed by atoms with Crippen LogP contribution in [0, 0.1) is 0 Å². The number of hydrogen-bond donors (Lipinski definition) is 2. The molecule has 8 heteroatoms. The van der Waals surface area contributed by atoms with E-state index in [0.29, 0.717) is 39.0 Å². The van der Waals surface area contributed by atoms with Crippen molar-refractivity contribution in [2.75, 3.05) is 39.5 Å². The normalized spacial score (nSPS) is 33.4. The van der Waals surface area contributed by atoms with E-state index in [1.807, 2.05) is 0 Å². The van der Waals surface area contributed by atoms with Crippen molar-refractivity contribution in [3.8, 4) is 0 Å². The van der Waals surface area contributed by atoms with Crippen LogP contribution in [-0.4, -0.2) is 79.8 Å². The molecule has 2 rings (SSSR count). The smallest absolute Gasteiger partial charge is 0.323 e. The van der Waals surface area contributed by atoms with Gasteiger partial charge in [0.25, 0.3) is 0 Å². The van der Waals surface area contributed by atoms with Gasteiger partial charge in [0, 0.05) is 32.2 Å². The minimum Gasteiger partial charge on any atom is -0.480 e. The van der Waals surface area contributed by atoms with Crippen molar-refractivity contribution in [1.29, 1.82) is 0 Å². The number of sulfonamides is 1. The topological polar surface area (TPSA) is 89.9 Å². The van der Waals surface area contributed by atoms with Crippen LogP contribution in [-0.2, 0) is 14.8 Å². The van der Waals surface area contributed by atoms with Gasteiger partial charge in [-0.1, -0.05) is 0 Å². The van der Waals surface area contributed by atoms with Gasteiger partial charge < -0.3 is 10.4 Å². The Morgan fingerprint density at radius 1 is 1.30 bits per heavy atom. The lowest BCUT2D eigenvalue weighted by molar-refractivity contribution is -0.144. The van der Waals surface area contributed by atoms with Crippen molar-refractivity contribution in [3.63, 3.8) is 0 Å². The first-order valence-corrected chi connectivity index (χ1v) is 8.75. The number of carbonyl (C=O) groups is 1. The first-order chi connectivity index (χ1) is 9.28. The van der Waals surface area contributed by atoms with Crippen molar-refractivity contribution < 1.29 is 18.3 Å². The van der Waals surface area contributed by atoms with Crippen molar-refractivity contribution in [3.05, 3.63) is 0 Å². The highest BCUT2D eigenvalue weighted by Gasteiger charge is 2.46. The molecule has 116 valence electrons. The monoisotopic (exact) mass is 305 g/mol. The number of piperazine rings is 1. The summed E-state index contributed by atoms with van der Waals surface area (Å²) in [6.45, 7) is 2.35. The summed E-state index contributed by atoms with van der Waals surface area (Å²) in [6.07, 6.45) is 3.27. The molecule has 0 aromatic rings. The zero-order valence-electron chi connectivity index (χ0n) is 12.0. The summed E-state index contributed by atoms with van der Waals surface area (Å²) in [7, 11) is -1.42. The van der Waals surface area contributed by atoms with Gasteiger partial charge in [0.05, 0.1) is 6.26 Å². The molecule has 1 aliphatic carbocycles. The third kappa shape index (κ3) is 2.98. The maximum Gasteiger partial charge on any atom is 0.323 e. The number of nitrogens with one attached hydrogen (secondary N) is 1. The van der Waals surface area contributed by atoms with E-state index < -0.39 is 21.5 Å². The van der Waals surface area contributed by atoms with Gasteiger partial charge in [-0.25, -0.2) is 8.42 Å². The molecule has 1 aliphatic heterocycles. The summed E-state index contributed by atoms with van der Waals surface area (Å²) in [5.41, 5.74) is -0.821. The predicted octanol–water partition coefficient (Wildman–Crippen LogP) is -0.841. The summed E-state index contributed by atoms with van der Waals surface area (Å²) in [5, 5.41) is 12.3. The minimum atomic E-state index is -3.11. The Morgan fingerprint density at radius 2 is 1.90 bits per heavy atom. The number of nitrogens with zero attached hydrogens (tertiary/aromatic N) is 2. The van der Waals surface area contributed by atoms with E-state index in [1.54, 1.807) is 7.05 Å². The Labute approximate surface area is 120 Å². The van der Waals surface area contributed by atoms with Crippen LogP contribution in [0.15, 0.2) is 0 Å². The van der Waals surface area contributed by atoms with Gasteiger partial charge >= 0.3 is 5.97 Å². The number of carboxylic acids is 1. The number of hydrogen-bond acceptors (Lipinski definition) is 5.